The number of thioether (sulfide) groups is 1. The standard InChI is InChI=1S/C12H15ClN2O2S/c1-12(3-2-4-18-12)7-15-10-9(13)5-8(6-14-10)11(16)17/h5-6H,2-4,7H2,1H3,(H,14,15)(H,16,17). The molecule has 1 unspecified atom stereocenters. The summed E-state index contributed by atoms with van der Waals surface area (Å²) < 4.78 is 0.219. The van der Waals surface area contributed by atoms with Gasteiger partial charge in [-0.3, -0.25) is 0 Å². The molecular weight excluding hydrogens is 272 g/mol. The second-order valence-corrected chi connectivity index (χ2v) is 6.70. The number of halogens is 1. The number of pyridine rings is 1. The van der Waals surface area contributed by atoms with Gasteiger partial charge < -0.3 is 10.4 Å². The van der Waals surface area contributed by atoms with Gasteiger partial charge in [-0.15, -0.1) is 0 Å². The van der Waals surface area contributed by atoms with E-state index in [-0.39, 0.29) is 10.3 Å². The first-order chi connectivity index (χ1) is 8.50. The first-order valence-electron chi connectivity index (χ1n) is 5.77. The van der Waals surface area contributed by atoms with Crippen LogP contribution in [0.3, 0.4) is 0 Å². The minimum Gasteiger partial charge on any atom is -0.478 e. The van der Waals surface area contributed by atoms with Crippen molar-refractivity contribution in [1.29, 1.82) is 0 Å². The van der Waals surface area contributed by atoms with Gasteiger partial charge in [0.15, 0.2) is 0 Å². The number of carboxylic acid groups (broad SMARTS) is 1. The predicted molar refractivity (Wildman–Crippen MR) is 74.8 cm³/mol. The van der Waals surface area contributed by atoms with E-state index in [9.17, 15) is 4.79 Å². The Morgan fingerprint density at radius 1 is 1.72 bits per heavy atom. The van der Waals surface area contributed by atoms with Crippen LogP contribution in [0.25, 0.3) is 0 Å². The zero-order valence-electron chi connectivity index (χ0n) is 10.1. The fourth-order valence-corrected chi connectivity index (χ4v) is 3.41. The Kier molecular flexibility index (Phi) is 4.02. The van der Waals surface area contributed by atoms with Gasteiger partial charge in [0.05, 0.1) is 10.6 Å². The molecule has 1 aliphatic rings. The summed E-state index contributed by atoms with van der Waals surface area (Å²) in [5, 5.41) is 12.4. The van der Waals surface area contributed by atoms with Gasteiger partial charge in [0, 0.05) is 17.5 Å². The van der Waals surface area contributed by atoms with E-state index in [2.05, 4.69) is 17.2 Å². The van der Waals surface area contributed by atoms with Crippen LogP contribution in [-0.4, -0.2) is 33.1 Å². The van der Waals surface area contributed by atoms with Crippen molar-refractivity contribution >= 4 is 35.1 Å². The van der Waals surface area contributed by atoms with Crippen LogP contribution in [0.2, 0.25) is 5.02 Å². The number of nitrogens with one attached hydrogen (secondary N) is 1. The lowest BCUT2D eigenvalue weighted by Gasteiger charge is -2.23. The molecule has 1 aromatic heterocycles. The summed E-state index contributed by atoms with van der Waals surface area (Å²) in [6, 6.07) is 1.42. The second-order valence-electron chi connectivity index (χ2n) is 4.62. The van der Waals surface area contributed by atoms with Crippen LogP contribution in [0.1, 0.15) is 30.1 Å². The molecule has 0 radical (unpaired) electrons. The predicted octanol–water partition coefficient (Wildman–Crippen LogP) is 3.13. The van der Waals surface area contributed by atoms with Gasteiger partial charge in [0.1, 0.15) is 5.82 Å². The Morgan fingerprint density at radius 3 is 3.06 bits per heavy atom. The quantitative estimate of drug-likeness (QED) is 0.890. The van der Waals surface area contributed by atoms with Gasteiger partial charge in [0.25, 0.3) is 0 Å². The van der Waals surface area contributed by atoms with E-state index < -0.39 is 5.97 Å². The zero-order chi connectivity index (χ0) is 13.2. The summed E-state index contributed by atoms with van der Waals surface area (Å²) in [7, 11) is 0. The molecule has 1 saturated heterocycles. The lowest BCUT2D eigenvalue weighted by Crippen LogP contribution is -2.27. The average Bonchev–Trinajstić information content (AvgIpc) is 2.75. The normalized spacial score (nSPS) is 23.0. The molecule has 0 spiro atoms. The topological polar surface area (TPSA) is 62.2 Å². The van der Waals surface area contributed by atoms with Gasteiger partial charge in [-0.2, -0.15) is 11.8 Å². The van der Waals surface area contributed by atoms with E-state index in [4.69, 9.17) is 16.7 Å². The van der Waals surface area contributed by atoms with Crippen molar-refractivity contribution < 1.29 is 9.90 Å². The number of carboxylic acids is 1. The molecule has 1 fully saturated rings. The summed E-state index contributed by atoms with van der Waals surface area (Å²) in [5.41, 5.74) is 0.104. The molecule has 98 valence electrons. The van der Waals surface area contributed by atoms with E-state index >= 15 is 0 Å². The van der Waals surface area contributed by atoms with Crippen molar-refractivity contribution in [3.63, 3.8) is 0 Å². The molecule has 0 saturated carbocycles. The molecule has 2 rings (SSSR count). The van der Waals surface area contributed by atoms with E-state index in [0.717, 1.165) is 6.54 Å². The molecule has 2 heterocycles. The molecule has 18 heavy (non-hydrogen) atoms. The maximum absolute atomic E-state index is 10.8. The van der Waals surface area contributed by atoms with Crippen molar-refractivity contribution in [1.82, 2.24) is 4.98 Å². The number of hydrogen-bond acceptors (Lipinski definition) is 4. The molecule has 0 aromatic carbocycles. The summed E-state index contributed by atoms with van der Waals surface area (Å²) in [6.07, 6.45) is 3.73. The van der Waals surface area contributed by atoms with Crippen molar-refractivity contribution in [3.8, 4) is 0 Å². The third-order valence-corrected chi connectivity index (χ3v) is 4.84. The molecular formula is C12H15ClN2O2S. The van der Waals surface area contributed by atoms with Crippen molar-refractivity contribution in [2.45, 2.75) is 24.5 Å². The van der Waals surface area contributed by atoms with Crippen molar-refractivity contribution in [2.75, 3.05) is 17.6 Å². The Labute approximate surface area is 115 Å². The van der Waals surface area contributed by atoms with Gasteiger partial charge in [-0.1, -0.05) is 11.6 Å². The Hall–Kier alpha value is -0.940. The van der Waals surface area contributed by atoms with Crippen LogP contribution >= 0.6 is 23.4 Å². The molecule has 0 aliphatic carbocycles. The maximum Gasteiger partial charge on any atom is 0.337 e. The van der Waals surface area contributed by atoms with E-state index in [0.29, 0.717) is 10.8 Å². The van der Waals surface area contributed by atoms with Crippen LogP contribution in [0, 0.1) is 0 Å². The smallest absolute Gasteiger partial charge is 0.337 e. The second kappa shape index (κ2) is 5.36. The lowest BCUT2D eigenvalue weighted by molar-refractivity contribution is 0.0696. The number of aromatic carboxylic acids is 1. The van der Waals surface area contributed by atoms with Crippen molar-refractivity contribution in [3.05, 3.63) is 22.8 Å². The van der Waals surface area contributed by atoms with Crippen molar-refractivity contribution in [2.24, 2.45) is 0 Å². The molecule has 0 bridgehead atoms. The van der Waals surface area contributed by atoms with Gasteiger partial charge in [0.2, 0.25) is 0 Å². The lowest BCUT2D eigenvalue weighted by atomic mass is 10.1. The van der Waals surface area contributed by atoms with E-state index in [1.165, 1.54) is 30.9 Å². The Bertz CT molecular complexity index is 461. The molecule has 1 atom stereocenters. The highest BCUT2D eigenvalue weighted by Gasteiger charge is 2.29. The fourth-order valence-electron chi connectivity index (χ4n) is 1.93. The third-order valence-electron chi connectivity index (χ3n) is 3.02. The minimum absolute atomic E-state index is 0.104. The summed E-state index contributed by atoms with van der Waals surface area (Å²) in [6.45, 7) is 3.01. The Balaban J connectivity index is 2.03. The summed E-state index contributed by atoms with van der Waals surface area (Å²) in [4.78, 5) is 14.8. The minimum atomic E-state index is -1.02. The van der Waals surface area contributed by atoms with Crippen LogP contribution in [0.4, 0.5) is 5.82 Å². The van der Waals surface area contributed by atoms with E-state index in [1.54, 1.807) is 0 Å². The molecule has 1 aromatic rings. The first-order valence-corrected chi connectivity index (χ1v) is 7.13. The summed E-state index contributed by atoms with van der Waals surface area (Å²) in [5.74, 6) is 0.724. The molecule has 4 nitrogen and oxygen atoms in total. The number of hydrogen-bond donors (Lipinski definition) is 2. The van der Waals surface area contributed by atoms with Crippen LogP contribution in [-0.2, 0) is 0 Å². The fraction of sp³-hybridized carbons (Fsp3) is 0.500. The number of rotatable bonds is 4. The number of carbonyl (C=O) groups is 1. The highest BCUT2D eigenvalue weighted by molar-refractivity contribution is 8.00. The third kappa shape index (κ3) is 3.09. The number of aromatic nitrogens is 1. The molecule has 6 heteroatoms. The highest BCUT2D eigenvalue weighted by atomic mass is 35.5. The number of anilines is 1. The first kappa shape index (κ1) is 13.5. The van der Waals surface area contributed by atoms with Crippen LogP contribution in [0.5, 0.6) is 0 Å². The van der Waals surface area contributed by atoms with Gasteiger partial charge in [-0.25, -0.2) is 9.78 Å². The highest BCUT2D eigenvalue weighted by Crippen LogP contribution is 2.37. The monoisotopic (exact) mass is 286 g/mol. The molecule has 2 N–H and O–H groups in total. The zero-order valence-corrected chi connectivity index (χ0v) is 11.6. The maximum atomic E-state index is 10.8. The Morgan fingerprint density at radius 2 is 2.50 bits per heavy atom. The molecule has 0 amide bonds. The van der Waals surface area contributed by atoms with E-state index in [1.807, 2.05) is 11.8 Å². The van der Waals surface area contributed by atoms with Crippen LogP contribution in [0.15, 0.2) is 12.3 Å². The largest absolute Gasteiger partial charge is 0.478 e. The van der Waals surface area contributed by atoms with Gasteiger partial charge in [-0.05, 0) is 31.6 Å². The summed E-state index contributed by atoms with van der Waals surface area (Å²) >= 11 is 7.96. The van der Waals surface area contributed by atoms with Gasteiger partial charge >= 0.3 is 5.97 Å². The molecule has 1 aliphatic heterocycles. The van der Waals surface area contributed by atoms with Crippen LogP contribution < -0.4 is 5.32 Å². The average molecular weight is 287 g/mol. The number of nitrogens with zero attached hydrogens (tertiary/aromatic N) is 1. The SMILES string of the molecule is CC1(CNc2ncc(C(=O)O)cc2Cl)CCCS1.